The van der Waals surface area contributed by atoms with Crippen LogP contribution in [0.2, 0.25) is 0 Å². The highest BCUT2D eigenvalue weighted by Gasteiger charge is 2.44. The van der Waals surface area contributed by atoms with Gasteiger partial charge in [0.15, 0.2) is 0 Å². The molecule has 7 heteroatoms. The van der Waals surface area contributed by atoms with Crippen LogP contribution in [0.3, 0.4) is 0 Å². The van der Waals surface area contributed by atoms with E-state index in [0.29, 0.717) is 5.56 Å². The fraction of sp³-hybridized carbons (Fsp3) is 0.381. The van der Waals surface area contributed by atoms with Crippen molar-refractivity contribution in [3.05, 3.63) is 65.2 Å². The van der Waals surface area contributed by atoms with E-state index in [-0.39, 0.29) is 24.4 Å². The second kappa shape index (κ2) is 8.59. The lowest BCUT2D eigenvalue weighted by Crippen LogP contribution is -2.49. The fourth-order valence-corrected chi connectivity index (χ4v) is 3.69. The third-order valence-electron chi connectivity index (χ3n) is 5.03. The minimum atomic E-state index is -0.924. The molecule has 2 atom stereocenters. The summed E-state index contributed by atoms with van der Waals surface area (Å²) < 4.78 is 26.9. The van der Waals surface area contributed by atoms with Gasteiger partial charge in [-0.05, 0) is 54.7 Å². The van der Waals surface area contributed by atoms with Gasteiger partial charge in [-0.2, -0.15) is 0 Å². The SMILES string of the molecule is CC(=O)NC(Cc1cc(F)cc(F)c1)C(O)CNC1(c2cccc(S)c2)CC1. The molecule has 1 aliphatic rings. The van der Waals surface area contributed by atoms with Gasteiger partial charge in [-0.15, -0.1) is 12.6 Å². The van der Waals surface area contributed by atoms with E-state index in [1.54, 1.807) is 0 Å². The molecule has 1 fully saturated rings. The number of carbonyl (C=O) groups is 1. The van der Waals surface area contributed by atoms with Crippen molar-refractivity contribution in [1.82, 2.24) is 10.6 Å². The molecule has 4 nitrogen and oxygen atoms in total. The topological polar surface area (TPSA) is 61.4 Å². The standard InChI is InChI=1S/C21H24F2N2O2S/c1-13(26)25-19(9-14-7-16(22)11-17(23)8-14)20(27)12-24-21(5-6-21)15-3-2-4-18(28)10-15/h2-4,7-8,10-11,19-20,24,27-28H,5-6,9,12H2,1H3,(H,25,26). The minimum Gasteiger partial charge on any atom is -0.390 e. The summed E-state index contributed by atoms with van der Waals surface area (Å²) in [6, 6.07) is 10.4. The van der Waals surface area contributed by atoms with Gasteiger partial charge in [-0.3, -0.25) is 4.79 Å². The Morgan fingerprint density at radius 3 is 2.46 bits per heavy atom. The number of halogens is 2. The quantitative estimate of drug-likeness (QED) is 0.510. The summed E-state index contributed by atoms with van der Waals surface area (Å²) in [7, 11) is 0. The molecule has 2 aromatic carbocycles. The summed E-state index contributed by atoms with van der Waals surface area (Å²) in [4.78, 5) is 12.4. The smallest absolute Gasteiger partial charge is 0.217 e. The highest BCUT2D eigenvalue weighted by atomic mass is 32.1. The first-order valence-corrected chi connectivity index (χ1v) is 9.67. The zero-order valence-electron chi connectivity index (χ0n) is 15.6. The third kappa shape index (κ3) is 5.31. The van der Waals surface area contributed by atoms with Crippen LogP contribution in [0, 0.1) is 11.6 Å². The van der Waals surface area contributed by atoms with Crippen LogP contribution in [0.25, 0.3) is 0 Å². The van der Waals surface area contributed by atoms with Gasteiger partial charge in [-0.1, -0.05) is 12.1 Å². The molecule has 1 saturated carbocycles. The summed E-state index contributed by atoms with van der Waals surface area (Å²) in [6.45, 7) is 1.58. The first kappa shape index (κ1) is 20.8. The number of hydrogen-bond acceptors (Lipinski definition) is 4. The maximum atomic E-state index is 13.5. The average Bonchev–Trinajstić information content (AvgIpc) is 3.39. The Hall–Kier alpha value is -1.96. The number of aliphatic hydroxyl groups is 1. The maximum absolute atomic E-state index is 13.5. The van der Waals surface area contributed by atoms with Gasteiger partial charge in [0.25, 0.3) is 0 Å². The predicted molar refractivity (Wildman–Crippen MR) is 106 cm³/mol. The Bertz CT molecular complexity index is 838. The maximum Gasteiger partial charge on any atom is 0.217 e. The number of rotatable bonds is 8. The highest BCUT2D eigenvalue weighted by molar-refractivity contribution is 7.80. The minimum absolute atomic E-state index is 0.121. The molecule has 3 N–H and O–H groups in total. The van der Waals surface area contributed by atoms with E-state index in [2.05, 4.69) is 23.3 Å². The molecule has 1 aliphatic carbocycles. The van der Waals surface area contributed by atoms with E-state index in [1.807, 2.05) is 24.3 Å². The van der Waals surface area contributed by atoms with Crippen LogP contribution < -0.4 is 10.6 Å². The van der Waals surface area contributed by atoms with Crippen LogP contribution in [0.1, 0.15) is 30.9 Å². The molecule has 3 rings (SSSR count). The van der Waals surface area contributed by atoms with Crippen molar-refractivity contribution in [3.8, 4) is 0 Å². The Labute approximate surface area is 168 Å². The van der Waals surface area contributed by atoms with Crippen molar-refractivity contribution < 1.29 is 18.7 Å². The van der Waals surface area contributed by atoms with Gasteiger partial charge in [-0.25, -0.2) is 8.78 Å². The highest BCUT2D eigenvalue weighted by Crippen LogP contribution is 2.45. The lowest BCUT2D eigenvalue weighted by atomic mass is 9.99. The number of aliphatic hydroxyl groups excluding tert-OH is 1. The molecule has 0 bridgehead atoms. The number of benzene rings is 2. The molecule has 0 heterocycles. The monoisotopic (exact) mass is 406 g/mol. The van der Waals surface area contributed by atoms with Crippen molar-refractivity contribution in [1.29, 1.82) is 0 Å². The molecule has 2 aromatic rings. The lowest BCUT2D eigenvalue weighted by molar-refractivity contribution is -0.120. The zero-order chi connectivity index (χ0) is 20.3. The van der Waals surface area contributed by atoms with Crippen LogP contribution in [-0.4, -0.2) is 29.7 Å². The molecule has 0 radical (unpaired) electrons. The van der Waals surface area contributed by atoms with Crippen molar-refractivity contribution in [2.24, 2.45) is 0 Å². The van der Waals surface area contributed by atoms with Gasteiger partial charge in [0.1, 0.15) is 11.6 Å². The zero-order valence-corrected chi connectivity index (χ0v) is 16.5. The molecule has 0 spiro atoms. The van der Waals surface area contributed by atoms with E-state index < -0.39 is 23.8 Å². The van der Waals surface area contributed by atoms with Gasteiger partial charge in [0.05, 0.1) is 12.1 Å². The Morgan fingerprint density at radius 2 is 1.89 bits per heavy atom. The summed E-state index contributed by atoms with van der Waals surface area (Å²) in [6.07, 6.45) is 1.08. The third-order valence-corrected chi connectivity index (χ3v) is 5.31. The van der Waals surface area contributed by atoms with Crippen LogP contribution in [0.4, 0.5) is 8.78 Å². The summed E-state index contributed by atoms with van der Waals surface area (Å²) in [5.41, 5.74) is 1.28. The van der Waals surface area contributed by atoms with Crippen LogP contribution in [-0.2, 0) is 16.8 Å². The normalized spacial score (nSPS) is 17.0. The van der Waals surface area contributed by atoms with Crippen molar-refractivity contribution in [3.63, 3.8) is 0 Å². The summed E-state index contributed by atoms with van der Waals surface area (Å²) in [5, 5.41) is 16.7. The molecule has 0 saturated heterocycles. The first-order chi connectivity index (χ1) is 13.3. The van der Waals surface area contributed by atoms with E-state index >= 15 is 0 Å². The molecule has 0 aliphatic heterocycles. The summed E-state index contributed by atoms with van der Waals surface area (Å²) in [5.74, 6) is -1.69. The molecule has 28 heavy (non-hydrogen) atoms. The van der Waals surface area contributed by atoms with Gasteiger partial charge >= 0.3 is 0 Å². The number of amides is 1. The van der Waals surface area contributed by atoms with Gasteiger partial charge in [0, 0.05) is 30.0 Å². The molecule has 2 unspecified atom stereocenters. The number of nitrogens with one attached hydrogen (secondary N) is 2. The second-order valence-corrected chi connectivity index (χ2v) is 7.89. The Balaban J connectivity index is 1.68. The fourth-order valence-electron chi connectivity index (χ4n) is 3.47. The van der Waals surface area contributed by atoms with Crippen LogP contribution in [0.5, 0.6) is 0 Å². The molecule has 0 aromatic heterocycles. The predicted octanol–water partition coefficient (Wildman–Crippen LogP) is 2.94. The number of carbonyl (C=O) groups excluding carboxylic acids is 1. The number of thiol groups is 1. The molecule has 1 amide bonds. The van der Waals surface area contributed by atoms with Crippen LogP contribution in [0.15, 0.2) is 47.4 Å². The Morgan fingerprint density at radius 1 is 1.21 bits per heavy atom. The first-order valence-electron chi connectivity index (χ1n) is 9.22. The van der Waals surface area contributed by atoms with Crippen LogP contribution >= 0.6 is 12.6 Å². The van der Waals surface area contributed by atoms with E-state index in [4.69, 9.17) is 0 Å². The Kier molecular flexibility index (Phi) is 6.37. The average molecular weight is 406 g/mol. The summed E-state index contributed by atoms with van der Waals surface area (Å²) >= 11 is 4.38. The van der Waals surface area contributed by atoms with E-state index in [9.17, 15) is 18.7 Å². The van der Waals surface area contributed by atoms with Gasteiger partial charge in [0.2, 0.25) is 5.91 Å². The largest absolute Gasteiger partial charge is 0.390 e. The molecular formula is C21H24F2N2O2S. The van der Waals surface area contributed by atoms with Crippen molar-refractivity contribution in [2.75, 3.05) is 6.54 Å². The molecular weight excluding hydrogens is 382 g/mol. The number of hydrogen-bond donors (Lipinski definition) is 4. The van der Waals surface area contributed by atoms with Crippen molar-refractivity contribution in [2.45, 2.75) is 48.8 Å². The van der Waals surface area contributed by atoms with E-state index in [1.165, 1.54) is 19.1 Å². The molecule has 150 valence electrons. The lowest BCUT2D eigenvalue weighted by Gasteiger charge is -2.27. The second-order valence-electron chi connectivity index (χ2n) is 7.37. The van der Waals surface area contributed by atoms with Crippen molar-refractivity contribution >= 4 is 18.5 Å². The van der Waals surface area contributed by atoms with Gasteiger partial charge < -0.3 is 15.7 Å². The van der Waals surface area contributed by atoms with E-state index in [0.717, 1.165) is 29.4 Å².